The minimum atomic E-state index is -0.801. The number of thiazole rings is 1. The molecule has 14 heteroatoms. The molecular formula is C32H38N4O8S2. The zero-order valence-electron chi connectivity index (χ0n) is 26.8. The Bertz CT molecular complexity index is 1690. The first-order chi connectivity index (χ1) is 22.1. The lowest BCUT2D eigenvalue weighted by molar-refractivity contribution is -0.120. The number of anilines is 2. The van der Waals surface area contributed by atoms with Gasteiger partial charge in [0.1, 0.15) is 6.04 Å². The molecule has 2 amide bonds. The van der Waals surface area contributed by atoms with Crippen LogP contribution in [0.25, 0.3) is 11.1 Å². The van der Waals surface area contributed by atoms with Crippen LogP contribution in [-0.2, 0) is 20.7 Å². The van der Waals surface area contributed by atoms with Crippen LogP contribution in [0.15, 0.2) is 29.1 Å². The molecule has 1 aromatic heterocycles. The molecule has 246 valence electrons. The molecule has 1 aliphatic rings. The van der Waals surface area contributed by atoms with E-state index < -0.39 is 24.0 Å². The average Bonchev–Trinajstić information content (AvgIpc) is 3.24. The first-order valence-corrected chi connectivity index (χ1v) is 16.7. The van der Waals surface area contributed by atoms with Crippen molar-refractivity contribution in [3.63, 3.8) is 0 Å². The molecule has 0 saturated heterocycles. The van der Waals surface area contributed by atoms with E-state index in [2.05, 4.69) is 20.9 Å². The van der Waals surface area contributed by atoms with Crippen molar-refractivity contribution in [2.24, 2.45) is 0 Å². The van der Waals surface area contributed by atoms with E-state index in [-0.39, 0.29) is 27.8 Å². The third kappa shape index (κ3) is 7.39. The quantitative estimate of drug-likeness (QED) is 0.232. The van der Waals surface area contributed by atoms with Crippen molar-refractivity contribution >= 4 is 51.7 Å². The highest BCUT2D eigenvalue weighted by Crippen LogP contribution is 2.50. The summed E-state index contributed by atoms with van der Waals surface area (Å²) >= 11 is 2.72. The maximum absolute atomic E-state index is 13.8. The van der Waals surface area contributed by atoms with E-state index in [1.165, 1.54) is 34.3 Å². The highest BCUT2D eigenvalue weighted by Gasteiger charge is 2.30. The molecular weight excluding hydrogens is 633 g/mol. The van der Waals surface area contributed by atoms with Gasteiger partial charge in [-0.3, -0.25) is 14.4 Å². The highest BCUT2D eigenvalue weighted by atomic mass is 32.2. The zero-order valence-corrected chi connectivity index (χ0v) is 28.5. The van der Waals surface area contributed by atoms with Crippen LogP contribution in [0.3, 0.4) is 0 Å². The maximum Gasteiger partial charge on any atom is 0.357 e. The summed E-state index contributed by atoms with van der Waals surface area (Å²) in [6.07, 6.45) is 3.42. The number of amides is 2. The Hall–Kier alpha value is -4.30. The van der Waals surface area contributed by atoms with Crippen LogP contribution >= 0.6 is 23.1 Å². The number of benzene rings is 1. The fourth-order valence-corrected chi connectivity index (χ4v) is 6.72. The Morgan fingerprint density at radius 3 is 2.46 bits per heavy atom. The number of nitrogens with zero attached hydrogens (tertiary/aromatic N) is 1. The Morgan fingerprint density at radius 1 is 1.09 bits per heavy atom. The van der Waals surface area contributed by atoms with Gasteiger partial charge < -0.3 is 34.9 Å². The van der Waals surface area contributed by atoms with E-state index >= 15 is 0 Å². The van der Waals surface area contributed by atoms with Gasteiger partial charge in [-0.1, -0.05) is 6.07 Å². The number of aryl methyl sites for hydroxylation is 2. The number of aromatic nitrogens is 1. The molecule has 0 bridgehead atoms. The summed E-state index contributed by atoms with van der Waals surface area (Å²) < 4.78 is 21.9. The predicted octanol–water partition coefficient (Wildman–Crippen LogP) is 4.59. The smallest absolute Gasteiger partial charge is 0.357 e. The van der Waals surface area contributed by atoms with Gasteiger partial charge in [-0.15, -0.1) is 11.3 Å². The lowest BCUT2D eigenvalue weighted by Gasteiger charge is -2.19. The predicted molar refractivity (Wildman–Crippen MR) is 180 cm³/mol. The molecule has 0 radical (unpaired) electrons. The normalized spacial score (nSPS) is 14.1. The summed E-state index contributed by atoms with van der Waals surface area (Å²) in [4.78, 5) is 56.4. The minimum Gasteiger partial charge on any atom is -0.493 e. The third-order valence-electron chi connectivity index (χ3n) is 7.58. The van der Waals surface area contributed by atoms with Crippen molar-refractivity contribution in [2.45, 2.75) is 45.2 Å². The summed E-state index contributed by atoms with van der Waals surface area (Å²) in [5.41, 5.74) is 2.88. The average molecular weight is 671 g/mol. The first kappa shape index (κ1) is 34.6. The maximum atomic E-state index is 13.8. The number of nitrogens with one attached hydrogen (secondary N) is 3. The largest absolute Gasteiger partial charge is 0.493 e. The number of methoxy groups -OCH3 is 4. The van der Waals surface area contributed by atoms with Gasteiger partial charge in [0.2, 0.25) is 23.0 Å². The van der Waals surface area contributed by atoms with E-state index in [0.29, 0.717) is 58.3 Å². The van der Waals surface area contributed by atoms with Gasteiger partial charge in [0, 0.05) is 17.4 Å². The van der Waals surface area contributed by atoms with Gasteiger partial charge in [0.25, 0.3) is 0 Å². The molecule has 1 aliphatic carbocycles. The molecule has 3 aromatic rings. The number of esters is 1. The van der Waals surface area contributed by atoms with E-state index in [4.69, 9.17) is 18.9 Å². The summed E-state index contributed by atoms with van der Waals surface area (Å²) in [6, 6.07) is 5.55. The van der Waals surface area contributed by atoms with E-state index in [1.54, 1.807) is 37.9 Å². The molecule has 2 atom stereocenters. The lowest BCUT2D eigenvalue weighted by atomic mass is 9.95. The molecule has 3 N–H and O–H groups in total. The number of carbonyl (C=O) groups is 3. The van der Waals surface area contributed by atoms with Crippen molar-refractivity contribution in [1.29, 1.82) is 0 Å². The molecule has 1 heterocycles. The second kappa shape index (κ2) is 15.3. The zero-order chi connectivity index (χ0) is 33.5. The number of hydrogen-bond acceptors (Lipinski definition) is 12. The fourth-order valence-electron chi connectivity index (χ4n) is 5.45. The summed E-state index contributed by atoms with van der Waals surface area (Å²) in [6.45, 7) is 3.15. The van der Waals surface area contributed by atoms with Gasteiger partial charge >= 0.3 is 5.97 Å². The first-order valence-electron chi connectivity index (χ1n) is 14.5. The Kier molecular flexibility index (Phi) is 11.5. The van der Waals surface area contributed by atoms with Crippen molar-refractivity contribution in [3.05, 3.63) is 56.2 Å². The molecule has 2 aromatic carbocycles. The lowest BCUT2D eigenvalue weighted by Crippen LogP contribution is -2.36. The van der Waals surface area contributed by atoms with Gasteiger partial charge in [0.15, 0.2) is 22.3 Å². The molecule has 0 aliphatic heterocycles. The van der Waals surface area contributed by atoms with Crippen molar-refractivity contribution in [3.8, 4) is 28.4 Å². The fraction of sp³-hybridized carbons (Fsp3) is 0.406. The Morgan fingerprint density at radius 2 is 1.83 bits per heavy atom. The van der Waals surface area contributed by atoms with Crippen molar-refractivity contribution < 1.29 is 33.3 Å². The molecule has 0 fully saturated rings. The highest BCUT2D eigenvalue weighted by molar-refractivity contribution is 7.98. The molecule has 12 nitrogen and oxygen atoms in total. The number of carbonyl (C=O) groups excluding carboxylic acids is 3. The second-order valence-electron chi connectivity index (χ2n) is 10.5. The van der Waals surface area contributed by atoms with Gasteiger partial charge in [0.05, 0.1) is 40.2 Å². The van der Waals surface area contributed by atoms with Gasteiger partial charge in [-0.05, 0) is 73.1 Å². The molecule has 0 saturated carbocycles. The van der Waals surface area contributed by atoms with E-state index in [1.807, 2.05) is 12.3 Å². The molecule has 0 spiro atoms. The number of thioether (sulfide) groups is 1. The van der Waals surface area contributed by atoms with E-state index in [0.717, 1.165) is 22.5 Å². The topological polar surface area (TPSA) is 154 Å². The molecule has 0 unspecified atom stereocenters. The Balaban J connectivity index is 1.80. The van der Waals surface area contributed by atoms with Crippen LogP contribution in [-0.4, -0.2) is 69.3 Å². The Labute approximate surface area is 275 Å². The van der Waals surface area contributed by atoms with E-state index in [9.17, 15) is 19.2 Å². The number of hydrogen-bond donors (Lipinski definition) is 3. The monoisotopic (exact) mass is 670 g/mol. The van der Waals surface area contributed by atoms with Crippen LogP contribution in [0.1, 0.15) is 52.3 Å². The molecule has 4 rings (SSSR count). The summed E-state index contributed by atoms with van der Waals surface area (Å²) in [7, 11) is 5.88. The standard InChI is InChI=1S/C32H38N4O8S2/c1-16-27(31(40)44-6)35-32(46-16)36-30(39)23(12-13-45-7)34-22-11-9-19-20(15-24(22)38)21(33-17(2)37)10-8-18-14-25(41-3)28(42-4)29(43-5)26(18)19/h9,11,14-15,21,23H,8,10,12-13H2,1-7H3,(H,33,37)(H,34,38)(H,35,36,39)/t21-,23-/m0/s1. The van der Waals surface area contributed by atoms with Crippen LogP contribution in [0.2, 0.25) is 0 Å². The van der Waals surface area contributed by atoms with Crippen LogP contribution < -0.4 is 35.6 Å². The van der Waals surface area contributed by atoms with Crippen LogP contribution in [0, 0.1) is 6.92 Å². The third-order valence-corrected chi connectivity index (χ3v) is 9.11. The number of rotatable bonds is 12. The van der Waals surface area contributed by atoms with Crippen LogP contribution in [0.5, 0.6) is 17.2 Å². The van der Waals surface area contributed by atoms with Gasteiger partial charge in [-0.2, -0.15) is 11.8 Å². The SMILES string of the molecule is COC(=O)c1nc(NC(=O)[C@H](CCSC)Nc2ccc3c(cc2=O)[C@@H](NC(C)=O)CCc2cc(OC)c(OC)c(OC)c2-3)sc1C. The van der Waals surface area contributed by atoms with Gasteiger partial charge in [-0.25, -0.2) is 9.78 Å². The second-order valence-corrected chi connectivity index (χ2v) is 12.7. The number of ether oxygens (including phenoxy) is 4. The minimum absolute atomic E-state index is 0.133. The van der Waals surface area contributed by atoms with Crippen molar-refractivity contribution in [1.82, 2.24) is 10.3 Å². The summed E-state index contributed by atoms with van der Waals surface area (Å²) in [5, 5.41) is 9.17. The summed E-state index contributed by atoms with van der Waals surface area (Å²) in [5.74, 6) is 0.746. The van der Waals surface area contributed by atoms with Crippen LogP contribution in [0.4, 0.5) is 10.8 Å². The van der Waals surface area contributed by atoms with Crippen molar-refractivity contribution in [2.75, 3.05) is 51.1 Å². The molecule has 46 heavy (non-hydrogen) atoms. The number of fused-ring (bicyclic) bond motifs is 3.